The molecule has 0 spiro atoms. The average molecular weight is 350 g/mol. The van der Waals surface area contributed by atoms with Crippen LogP contribution in [0, 0.1) is 0 Å². The van der Waals surface area contributed by atoms with Crippen molar-refractivity contribution in [2.24, 2.45) is 0 Å². The summed E-state index contributed by atoms with van der Waals surface area (Å²) in [5, 5.41) is 7.97. The van der Waals surface area contributed by atoms with Gasteiger partial charge in [0.1, 0.15) is 0 Å². The van der Waals surface area contributed by atoms with Crippen molar-refractivity contribution >= 4 is 15.9 Å². The summed E-state index contributed by atoms with van der Waals surface area (Å²) >= 11 is 3.58. The first kappa shape index (κ1) is 16.2. The number of hydrogen-bond donors (Lipinski definition) is 1. The van der Waals surface area contributed by atoms with Crippen molar-refractivity contribution in [2.45, 2.75) is 45.7 Å². The van der Waals surface area contributed by atoms with E-state index in [4.69, 9.17) is 0 Å². The van der Waals surface area contributed by atoms with Crippen LogP contribution in [0.25, 0.3) is 0 Å². The van der Waals surface area contributed by atoms with E-state index in [9.17, 15) is 0 Å². The Bertz CT molecular complexity index is 569. The zero-order valence-corrected chi connectivity index (χ0v) is 14.7. The van der Waals surface area contributed by atoms with Crippen LogP contribution >= 0.6 is 15.9 Å². The summed E-state index contributed by atoms with van der Waals surface area (Å²) in [4.78, 5) is 0. The second-order valence-electron chi connectivity index (χ2n) is 6.42. The van der Waals surface area contributed by atoms with Crippen LogP contribution in [0.5, 0.6) is 0 Å². The number of hydrogen-bond acceptors (Lipinski definition) is 2. The molecule has 0 unspecified atom stereocenters. The Hall–Kier alpha value is -1.13. The van der Waals surface area contributed by atoms with Crippen molar-refractivity contribution in [1.82, 2.24) is 15.1 Å². The normalized spacial score (nSPS) is 11.8. The minimum absolute atomic E-state index is 0.198. The van der Waals surface area contributed by atoms with Gasteiger partial charge >= 0.3 is 0 Å². The molecule has 0 saturated heterocycles. The largest absolute Gasteiger partial charge is 0.312 e. The number of nitrogens with zero attached hydrogens (tertiary/aromatic N) is 2. The van der Waals surface area contributed by atoms with Gasteiger partial charge in [-0.1, -0.05) is 34.1 Å². The molecule has 1 N–H and O–H groups in total. The fourth-order valence-corrected chi connectivity index (χ4v) is 2.59. The highest BCUT2D eigenvalue weighted by molar-refractivity contribution is 9.10. The highest BCUT2D eigenvalue weighted by atomic mass is 79.9. The summed E-state index contributed by atoms with van der Waals surface area (Å²) in [6, 6.07) is 8.28. The summed E-state index contributed by atoms with van der Waals surface area (Å²) in [5.74, 6) is 0. The molecule has 0 aliphatic carbocycles. The van der Waals surface area contributed by atoms with Crippen molar-refractivity contribution in [2.75, 3.05) is 6.54 Å². The maximum atomic E-state index is 4.46. The summed E-state index contributed by atoms with van der Waals surface area (Å²) in [6.45, 7) is 8.44. The zero-order valence-electron chi connectivity index (χ0n) is 13.1. The fraction of sp³-hybridized carbons (Fsp3) is 0.471. The minimum Gasteiger partial charge on any atom is -0.312 e. The van der Waals surface area contributed by atoms with Gasteiger partial charge < -0.3 is 5.32 Å². The SMILES string of the molecule is CC(C)(C)NCCCc1cnn(Cc2ccccc2Br)c1. The standard InChI is InChI=1S/C17H24BrN3/c1-17(2,3)19-10-6-7-14-11-20-21(12-14)13-15-8-4-5-9-16(15)18/h4-5,8-9,11-12,19H,6-7,10,13H2,1-3H3. The van der Waals surface area contributed by atoms with Gasteiger partial charge in [0.05, 0.1) is 12.7 Å². The first-order valence-corrected chi connectivity index (χ1v) is 8.23. The van der Waals surface area contributed by atoms with Gasteiger partial charge in [-0.05, 0) is 57.4 Å². The van der Waals surface area contributed by atoms with Crippen molar-refractivity contribution < 1.29 is 0 Å². The number of benzene rings is 1. The highest BCUT2D eigenvalue weighted by Crippen LogP contribution is 2.17. The summed E-state index contributed by atoms with van der Waals surface area (Å²) in [5.41, 5.74) is 2.75. The molecule has 0 radical (unpaired) electrons. The maximum Gasteiger partial charge on any atom is 0.0670 e. The van der Waals surface area contributed by atoms with Crippen LogP contribution < -0.4 is 5.32 Å². The van der Waals surface area contributed by atoms with E-state index in [1.54, 1.807) is 0 Å². The Balaban J connectivity index is 1.83. The van der Waals surface area contributed by atoms with Gasteiger partial charge in [0.25, 0.3) is 0 Å². The summed E-state index contributed by atoms with van der Waals surface area (Å²) in [6.07, 6.45) is 6.33. The molecule has 4 heteroatoms. The lowest BCUT2D eigenvalue weighted by molar-refractivity contribution is 0.422. The van der Waals surface area contributed by atoms with Crippen molar-refractivity contribution in [3.05, 3.63) is 52.3 Å². The third-order valence-electron chi connectivity index (χ3n) is 3.27. The van der Waals surface area contributed by atoms with E-state index in [-0.39, 0.29) is 5.54 Å². The average Bonchev–Trinajstić information content (AvgIpc) is 2.84. The van der Waals surface area contributed by atoms with Gasteiger partial charge in [0.15, 0.2) is 0 Å². The van der Waals surface area contributed by atoms with E-state index < -0.39 is 0 Å². The van der Waals surface area contributed by atoms with Crippen LogP contribution in [0.4, 0.5) is 0 Å². The molecule has 114 valence electrons. The second-order valence-corrected chi connectivity index (χ2v) is 7.27. The Kier molecular flexibility index (Phi) is 5.59. The minimum atomic E-state index is 0.198. The second kappa shape index (κ2) is 7.23. The molecule has 0 fully saturated rings. The smallest absolute Gasteiger partial charge is 0.0670 e. The van der Waals surface area contributed by atoms with Gasteiger partial charge in [-0.25, -0.2) is 0 Å². The molecular formula is C17H24BrN3. The predicted octanol–water partition coefficient (Wildman–Crippen LogP) is 4.01. The van der Waals surface area contributed by atoms with Crippen LogP contribution in [0.3, 0.4) is 0 Å². The van der Waals surface area contributed by atoms with Crippen molar-refractivity contribution in [1.29, 1.82) is 0 Å². The molecule has 1 aromatic heterocycles. The van der Waals surface area contributed by atoms with Crippen LogP contribution in [0.1, 0.15) is 38.3 Å². The van der Waals surface area contributed by atoms with Gasteiger partial charge in [0.2, 0.25) is 0 Å². The first-order valence-electron chi connectivity index (χ1n) is 7.44. The fourth-order valence-electron chi connectivity index (χ4n) is 2.18. The van der Waals surface area contributed by atoms with Crippen molar-refractivity contribution in [3.63, 3.8) is 0 Å². The quantitative estimate of drug-likeness (QED) is 0.798. The number of aryl methyl sites for hydroxylation is 1. The van der Waals surface area contributed by atoms with E-state index in [2.05, 4.69) is 71.5 Å². The molecule has 0 amide bonds. The molecule has 2 aromatic rings. The molecule has 1 heterocycles. The number of rotatable bonds is 6. The summed E-state index contributed by atoms with van der Waals surface area (Å²) < 4.78 is 3.14. The zero-order chi connectivity index (χ0) is 15.3. The van der Waals surface area contributed by atoms with E-state index in [1.165, 1.54) is 11.1 Å². The molecule has 0 aliphatic heterocycles. The third kappa shape index (κ3) is 5.64. The molecular weight excluding hydrogens is 326 g/mol. The van der Waals surface area contributed by atoms with E-state index in [0.29, 0.717) is 0 Å². The molecule has 1 aromatic carbocycles. The molecule has 0 atom stereocenters. The lowest BCUT2D eigenvalue weighted by Gasteiger charge is -2.20. The molecule has 0 aliphatic rings. The molecule has 0 bridgehead atoms. The lowest BCUT2D eigenvalue weighted by atomic mass is 10.1. The first-order chi connectivity index (χ1) is 9.94. The third-order valence-corrected chi connectivity index (χ3v) is 4.05. The molecule has 2 rings (SSSR count). The van der Waals surface area contributed by atoms with Gasteiger partial charge in [-0.3, -0.25) is 4.68 Å². The monoisotopic (exact) mass is 349 g/mol. The molecule has 0 saturated carbocycles. The van der Waals surface area contributed by atoms with Crippen LogP contribution in [-0.2, 0) is 13.0 Å². The highest BCUT2D eigenvalue weighted by Gasteiger charge is 2.08. The van der Waals surface area contributed by atoms with Crippen LogP contribution in [0.2, 0.25) is 0 Å². The van der Waals surface area contributed by atoms with E-state index in [0.717, 1.165) is 30.4 Å². The Morgan fingerprint density at radius 2 is 2.00 bits per heavy atom. The predicted molar refractivity (Wildman–Crippen MR) is 91.5 cm³/mol. The van der Waals surface area contributed by atoms with Gasteiger partial charge in [0, 0.05) is 16.2 Å². The van der Waals surface area contributed by atoms with Crippen LogP contribution in [-0.4, -0.2) is 21.9 Å². The number of nitrogens with one attached hydrogen (secondary N) is 1. The number of aromatic nitrogens is 2. The Labute approximate surface area is 135 Å². The van der Waals surface area contributed by atoms with E-state index >= 15 is 0 Å². The lowest BCUT2D eigenvalue weighted by Crippen LogP contribution is -2.36. The van der Waals surface area contributed by atoms with E-state index in [1.807, 2.05) is 16.9 Å². The van der Waals surface area contributed by atoms with Gasteiger partial charge in [-0.2, -0.15) is 5.10 Å². The number of halogens is 1. The molecule has 21 heavy (non-hydrogen) atoms. The topological polar surface area (TPSA) is 29.9 Å². The Morgan fingerprint density at radius 3 is 2.71 bits per heavy atom. The Morgan fingerprint density at radius 1 is 1.24 bits per heavy atom. The van der Waals surface area contributed by atoms with Gasteiger partial charge in [-0.15, -0.1) is 0 Å². The van der Waals surface area contributed by atoms with Crippen LogP contribution in [0.15, 0.2) is 41.1 Å². The van der Waals surface area contributed by atoms with Crippen molar-refractivity contribution in [3.8, 4) is 0 Å². The maximum absolute atomic E-state index is 4.46. The molecule has 3 nitrogen and oxygen atoms in total. The summed E-state index contributed by atoms with van der Waals surface area (Å²) in [7, 11) is 0.